The summed E-state index contributed by atoms with van der Waals surface area (Å²) >= 11 is 0. The van der Waals surface area contributed by atoms with Crippen molar-refractivity contribution in [2.75, 3.05) is 0 Å². The van der Waals surface area contributed by atoms with Crippen LogP contribution in [0.5, 0.6) is 0 Å². The third kappa shape index (κ3) is 1.89. The van der Waals surface area contributed by atoms with Gasteiger partial charge in [-0.15, -0.1) is 0 Å². The lowest BCUT2D eigenvalue weighted by Gasteiger charge is -2.05. The van der Waals surface area contributed by atoms with Gasteiger partial charge < -0.3 is 5.73 Å². The molecule has 2 aromatic heterocycles. The summed E-state index contributed by atoms with van der Waals surface area (Å²) in [7, 11) is 0. The molecular formula is C11H14N4. The maximum absolute atomic E-state index is 5.65. The van der Waals surface area contributed by atoms with Crippen LogP contribution in [0.4, 0.5) is 0 Å². The number of pyridine rings is 1. The molecule has 0 bridgehead atoms. The van der Waals surface area contributed by atoms with E-state index in [9.17, 15) is 0 Å². The van der Waals surface area contributed by atoms with Crippen molar-refractivity contribution in [3.63, 3.8) is 0 Å². The molecule has 0 amide bonds. The molecule has 2 N–H and O–H groups in total. The molecule has 0 spiro atoms. The van der Waals surface area contributed by atoms with Crippen molar-refractivity contribution in [1.82, 2.24) is 14.8 Å². The first-order chi connectivity index (χ1) is 7.35. The molecule has 0 aliphatic heterocycles. The van der Waals surface area contributed by atoms with Crippen LogP contribution in [0.15, 0.2) is 30.7 Å². The summed E-state index contributed by atoms with van der Waals surface area (Å²) in [5.41, 5.74) is 7.85. The fourth-order valence-corrected chi connectivity index (χ4v) is 1.45. The first-order valence-corrected chi connectivity index (χ1v) is 5.03. The van der Waals surface area contributed by atoms with Gasteiger partial charge in [-0.3, -0.25) is 0 Å². The molecule has 0 aromatic carbocycles. The SMILES string of the molecule is CCc1cnn(-c2ncccc2CN)c1. The predicted octanol–water partition coefficient (Wildman–Crippen LogP) is 1.29. The van der Waals surface area contributed by atoms with Crippen LogP contribution in [0.25, 0.3) is 5.82 Å². The second kappa shape index (κ2) is 4.23. The molecule has 0 saturated carbocycles. The molecule has 0 aliphatic rings. The van der Waals surface area contributed by atoms with Crippen LogP contribution in [0, 0.1) is 0 Å². The van der Waals surface area contributed by atoms with Crippen molar-refractivity contribution in [2.45, 2.75) is 19.9 Å². The van der Waals surface area contributed by atoms with Gasteiger partial charge in [0.2, 0.25) is 0 Å². The first kappa shape index (κ1) is 9.86. The van der Waals surface area contributed by atoms with E-state index in [1.165, 1.54) is 5.56 Å². The van der Waals surface area contributed by atoms with Crippen LogP contribution in [-0.2, 0) is 13.0 Å². The number of nitrogens with two attached hydrogens (primary N) is 1. The molecule has 2 aromatic rings. The molecule has 78 valence electrons. The Morgan fingerprint density at radius 2 is 2.33 bits per heavy atom. The van der Waals surface area contributed by atoms with Crippen LogP contribution >= 0.6 is 0 Å². The Bertz CT molecular complexity index is 447. The summed E-state index contributed by atoms with van der Waals surface area (Å²) in [6.45, 7) is 2.58. The summed E-state index contributed by atoms with van der Waals surface area (Å²) in [4.78, 5) is 4.29. The van der Waals surface area contributed by atoms with Gasteiger partial charge in [-0.1, -0.05) is 13.0 Å². The van der Waals surface area contributed by atoms with Crippen LogP contribution in [-0.4, -0.2) is 14.8 Å². The van der Waals surface area contributed by atoms with E-state index in [1.807, 2.05) is 24.5 Å². The van der Waals surface area contributed by atoms with Crippen molar-refractivity contribution in [1.29, 1.82) is 0 Å². The highest BCUT2D eigenvalue weighted by atomic mass is 15.3. The van der Waals surface area contributed by atoms with Crippen molar-refractivity contribution < 1.29 is 0 Å². The lowest BCUT2D eigenvalue weighted by molar-refractivity contribution is 0.823. The summed E-state index contributed by atoms with van der Waals surface area (Å²) in [6, 6.07) is 3.85. The molecular weight excluding hydrogens is 188 g/mol. The lowest BCUT2D eigenvalue weighted by atomic mass is 10.2. The largest absolute Gasteiger partial charge is 0.326 e. The highest BCUT2D eigenvalue weighted by molar-refractivity contribution is 5.33. The van der Waals surface area contributed by atoms with Crippen molar-refractivity contribution in [2.24, 2.45) is 5.73 Å². The monoisotopic (exact) mass is 202 g/mol. The Morgan fingerprint density at radius 3 is 3.00 bits per heavy atom. The molecule has 0 radical (unpaired) electrons. The van der Waals surface area contributed by atoms with Crippen molar-refractivity contribution >= 4 is 0 Å². The maximum atomic E-state index is 5.65. The molecule has 2 heterocycles. The van der Waals surface area contributed by atoms with Crippen LogP contribution in [0.2, 0.25) is 0 Å². The third-order valence-electron chi connectivity index (χ3n) is 2.35. The molecule has 4 nitrogen and oxygen atoms in total. The highest BCUT2D eigenvalue weighted by Crippen LogP contribution is 2.10. The zero-order valence-corrected chi connectivity index (χ0v) is 8.72. The van der Waals surface area contributed by atoms with Gasteiger partial charge in [-0.25, -0.2) is 9.67 Å². The summed E-state index contributed by atoms with van der Waals surface area (Å²) in [5.74, 6) is 0.819. The number of aromatic nitrogens is 3. The van der Waals surface area contributed by atoms with Gasteiger partial charge in [0.05, 0.1) is 6.20 Å². The first-order valence-electron chi connectivity index (χ1n) is 5.03. The smallest absolute Gasteiger partial charge is 0.157 e. The van der Waals surface area contributed by atoms with E-state index < -0.39 is 0 Å². The number of rotatable bonds is 3. The minimum Gasteiger partial charge on any atom is -0.326 e. The molecule has 0 fully saturated rings. The summed E-state index contributed by atoms with van der Waals surface area (Å²) in [5, 5.41) is 4.26. The molecule has 15 heavy (non-hydrogen) atoms. The number of nitrogens with zero attached hydrogens (tertiary/aromatic N) is 3. The van der Waals surface area contributed by atoms with Gasteiger partial charge in [-0.05, 0) is 18.1 Å². The zero-order valence-electron chi connectivity index (χ0n) is 8.72. The summed E-state index contributed by atoms with van der Waals surface area (Å²) in [6.07, 6.45) is 6.57. The van der Waals surface area contributed by atoms with Crippen LogP contribution in [0.3, 0.4) is 0 Å². The second-order valence-electron chi connectivity index (χ2n) is 3.34. The van der Waals surface area contributed by atoms with Gasteiger partial charge in [0, 0.05) is 24.5 Å². The van der Waals surface area contributed by atoms with E-state index in [2.05, 4.69) is 17.0 Å². The molecule has 2 rings (SSSR count). The van der Waals surface area contributed by atoms with E-state index in [1.54, 1.807) is 10.9 Å². The van der Waals surface area contributed by atoms with Gasteiger partial charge >= 0.3 is 0 Å². The predicted molar refractivity (Wildman–Crippen MR) is 58.6 cm³/mol. The van der Waals surface area contributed by atoms with Crippen LogP contribution < -0.4 is 5.73 Å². The lowest BCUT2D eigenvalue weighted by Crippen LogP contribution is -2.06. The number of aryl methyl sites for hydroxylation is 1. The average molecular weight is 202 g/mol. The highest BCUT2D eigenvalue weighted by Gasteiger charge is 2.05. The Morgan fingerprint density at radius 1 is 1.47 bits per heavy atom. The quantitative estimate of drug-likeness (QED) is 0.815. The number of hydrogen-bond donors (Lipinski definition) is 1. The molecule has 0 unspecified atom stereocenters. The molecule has 0 saturated heterocycles. The minimum atomic E-state index is 0.477. The van der Waals surface area contributed by atoms with Gasteiger partial charge in [0.1, 0.15) is 0 Å². The van der Waals surface area contributed by atoms with E-state index in [0.29, 0.717) is 6.54 Å². The fourth-order valence-electron chi connectivity index (χ4n) is 1.45. The third-order valence-corrected chi connectivity index (χ3v) is 2.35. The Balaban J connectivity index is 2.44. The molecule has 0 aliphatic carbocycles. The van der Waals surface area contributed by atoms with Gasteiger partial charge in [-0.2, -0.15) is 5.10 Å². The Hall–Kier alpha value is -1.68. The normalized spacial score (nSPS) is 10.5. The van der Waals surface area contributed by atoms with Gasteiger partial charge in [0.25, 0.3) is 0 Å². The standard InChI is InChI=1S/C11H14N4/c1-2-9-7-14-15(8-9)11-10(6-12)4-3-5-13-11/h3-5,7-8H,2,6,12H2,1H3. The molecule has 0 atom stereocenters. The van der Waals surface area contributed by atoms with Crippen molar-refractivity contribution in [3.8, 4) is 5.82 Å². The van der Waals surface area contributed by atoms with E-state index in [0.717, 1.165) is 17.8 Å². The second-order valence-corrected chi connectivity index (χ2v) is 3.34. The topological polar surface area (TPSA) is 56.7 Å². The number of hydrogen-bond acceptors (Lipinski definition) is 3. The van der Waals surface area contributed by atoms with Crippen LogP contribution in [0.1, 0.15) is 18.1 Å². The van der Waals surface area contributed by atoms with E-state index >= 15 is 0 Å². The zero-order chi connectivity index (χ0) is 10.7. The van der Waals surface area contributed by atoms with Crippen molar-refractivity contribution in [3.05, 3.63) is 41.9 Å². The van der Waals surface area contributed by atoms with E-state index in [4.69, 9.17) is 5.73 Å². The fraction of sp³-hybridized carbons (Fsp3) is 0.273. The maximum Gasteiger partial charge on any atom is 0.157 e. The Kier molecular flexibility index (Phi) is 2.78. The average Bonchev–Trinajstić information content (AvgIpc) is 2.77. The van der Waals surface area contributed by atoms with Gasteiger partial charge in [0.15, 0.2) is 5.82 Å². The summed E-state index contributed by atoms with van der Waals surface area (Å²) < 4.78 is 1.78. The minimum absolute atomic E-state index is 0.477. The van der Waals surface area contributed by atoms with E-state index in [-0.39, 0.29) is 0 Å². The molecule has 4 heteroatoms. The Labute approximate surface area is 88.8 Å².